The lowest BCUT2D eigenvalue weighted by molar-refractivity contribution is -0.116. The Morgan fingerprint density at radius 2 is 1.65 bits per heavy atom. The van der Waals surface area contributed by atoms with Crippen molar-refractivity contribution in [2.75, 3.05) is 5.32 Å². The summed E-state index contributed by atoms with van der Waals surface area (Å²) in [6.07, 6.45) is 2.84. The Balaban J connectivity index is 1.50. The van der Waals surface area contributed by atoms with E-state index >= 15 is 0 Å². The SMILES string of the molecule is O=C(Cn1c(=O)cnc2ccccc21)Nc1c(-c2ccc(F)cc2)ncn1Cc1ccccc1. The highest BCUT2D eigenvalue weighted by molar-refractivity contribution is 5.94. The fourth-order valence-corrected chi connectivity index (χ4v) is 3.83. The topological polar surface area (TPSA) is 81.8 Å². The van der Waals surface area contributed by atoms with Crippen LogP contribution in [0.5, 0.6) is 0 Å². The predicted molar refractivity (Wildman–Crippen MR) is 128 cm³/mol. The summed E-state index contributed by atoms with van der Waals surface area (Å²) in [7, 11) is 0. The summed E-state index contributed by atoms with van der Waals surface area (Å²) in [5.41, 5.74) is 3.02. The van der Waals surface area contributed by atoms with Crippen molar-refractivity contribution in [3.63, 3.8) is 0 Å². The van der Waals surface area contributed by atoms with E-state index in [-0.39, 0.29) is 17.9 Å². The van der Waals surface area contributed by atoms with Crippen molar-refractivity contribution in [2.24, 2.45) is 0 Å². The number of carbonyl (C=O) groups excluding carboxylic acids is 1. The summed E-state index contributed by atoms with van der Waals surface area (Å²) in [4.78, 5) is 34.2. The van der Waals surface area contributed by atoms with Crippen LogP contribution in [0.15, 0.2) is 96.2 Å². The largest absolute Gasteiger partial charge is 0.312 e. The first-order valence-electron chi connectivity index (χ1n) is 10.7. The number of rotatable bonds is 6. The summed E-state index contributed by atoms with van der Waals surface area (Å²) in [6, 6.07) is 22.8. The molecule has 0 bridgehead atoms. The van der Waals surface area contributed by atoms with Gasteiger partial charge in [0.25, 0.3) is 5.56 Å². The van der Waals surface area contributed by atoms with E-state index in [4.69, 9.17) is 0 Å². The monoisotopic (exact) mass is 453 g/mol. The molecule has 3 aromatic carbocycles. The second-order valence-corrected chi connectivity index (χ2v) is 7.78. The second kappa shape index (κ2) is 9.11. The summed E-state index contributed by atoms with van der Waals surface area (Å²) < 4.78 is 16.7. The average Bonchev–Trinajstić information content (AvgIpc) is 3.24. The molecule has 168 valence electrons. The molecule has 0 saturated carbocycles. The molecule has 0 aliphatic heterocycles. The highest BCUT2D eigenvalue weighted by atomic mass is 19.1. The molecule has 1 amide bonds. The summed E-state index contributed by atoms with van der Waals surface area (Å²) in [6.45, 7) is 0.282. The maximum atomic E-state index is 13.5. The van der Waals surface area contributed by atoms with Crippen LogP contribution in [-0.4, -0.2) is 25.0 Å². The van der Waals surface area contributed by atoms with Crippen molar-refractivity contribution < 1.29 is 9.18 Å². The fraction of sp³-hybridized carbons (Fsp3) is 0.0769. The molecular weight excluding hydrogens is 433 g/mol. The van der Waals surface area contributed by atoms with E-state index in [9.17, 15) is 14.0 Å². The van der Waals surface area contributed by atoms with Crippen molar-refractivity contribution >= 4 is 22.8 Å². The normalized spacial score (nSPS) is 11.0. The van der Waals surface area contributed by atoms with E-state index in [0.717, 1.165) is 5.56 Å². The highest BCUT2D eigenvalue weighted by Crippen LogP contribution is 2.28. The Morgan fingerprint density at radius 3 is 2.44 bits per heavy atom. The number of imidazole rings is 1. The summed E-state index contributed by atoms with van der Waals surface area (Å²) >= 11 is 0. The molecule has 0 saturated heterocycles. The molecule has 5 aromatic rings. The summed E-state index contributed by atoms with van der Waals surface area (Å²) in [5.74, 6) is -0.287. The van der Waals surface area contributed by atoms with E-state index in [1.165, 1.54) is 22.9 Å². The molecule has 0 atom stereocenters. The van der Waals surface area contributed by atoms with E-state index < -0.39 is 5.91 Å². The van der Waals surface area contributed by atoms with Crippen molar-refractivity contribution in [3.8, 4) is 11.3 Å². The molecule has 0 aliphatic rings. The van der Waals surface area contributed by atoms with Gasteiger partial charge in [-0.3, -0.25) is 14.2 Å². The van der Waals surface area contributed by atoms with Gasteiger partial charge in [0.15, 0.2) is 0 Å². The lowest BCUT2D eigenvalue weighted by Gasteiger charge is -2.14. The zero-order valence-electron chi connectivity index (χ0n) is 18.1. The molecular formula is C26H20FN5O2. The van der Waals surface area contributed by atoms with Crippen LogP contribution >= 0.6 is 0 Å². The van der Waals surface area contributed by atoms with Gasteiger partial charge in [-0.2, -0.15) is 0 Å². The van der Waals surface area contributed by atoms with E-state index in [2.05, 4.69) is 15.3 Å². The minimum absolute atomic E-state index is 0.193. The Hall–Kier alpha value is -4.59. The van der Waals surface area contributed by atoms with Gasteiger partial charge in [0.2, 0.25) is 5.91 Å². The number of nitrogens with zero attached hydrogens (tertiary/aromatic N) is 4. The van der Waals surface area contributed by atoms with E-state index in [1.54, 1.807) is 36.7 Å². The Kier molecular flexibility index (Phi) is 5.70. The molecule has 2 aromatic heterocycles. The van der Waals surface area contributed by atoms with Crippen LogP contribution in [0.4, 0.5) is 10.2 Å². The first kappa shape index (κ1) is 21.3. The number of carbonyl (C=O) groups is 1. The Bertz CT molecular complexity index is 1520. The number of amides is 1. The molecule has 7 nitrogen and oxygen atoms in total. The minimum Gasteiger partial charge on any atom is -0.312 e. The van der Waals surface area contributed by atoms with Crippen LogP contribution in [0.1, 0.15) is 5.56 Å². The number of hydrogen-bond donors (Lipinski definition) is 1. The maximum Gasteiger partial charge on any atom is 0.269 e. The van der Waals surface area contributed by atoms with Gasteiger partial charge < -0.3 is 9.88 Å². The fourth-order valence-electron chi connectivity index (χ4n) is 3.83. The van der Waals surface area contributed by atoms with Crippen LogP contribution in [-0.2, 0) is 17.9 Å². The van der Waals surface area contributed by atoms with Crippen molar-refractivity contribution in [1.82, 2.24) is 19.1 Å². The zero-order valence-corrected chi connectivity index (χ0v) is 18.1. The summed E-state index contributed by atoms with van der Waals surface area (Å²) in [5, 5.41) is 2.92. The third-order valence-corrected chi connectivity index (χ3v) is 5.46. The molecule has 1 N–H and O–H groups in total. The number of aromatic nitrogens is 4. The van der Waals surface area contributed by atoms with E-state index in [0.29, 0.717) is 34.7 Å². The molecule has 0 unspecified atom stereocenters. The predicted octanol–water partition coefficient (Wildman–Crippen LogP) is 4.09. The van der Waals surface area contributed by atoms with Gasteiger partial charge in [-0.25, -0.2) is 14.4 Å². The van der Waals surface area contributed by atoms with Gasteiger partial charge >= 0.3 is 0 Å². The number of fused-ring (bicyclic) bond motifs is 1. The molecule has 0 radical (unpaired) electrons. The third kappa shape index (κ3) is 4.33. The standard InChI is InChI=1S/C26H20FN5O2/c27-20-12-10-19(11-13-20)25-26(31(17-29-25)15-18-6-2-1-3-7-18)30-23(33)16-32-22-9-5-4-8-21(22)28-14-24(32)34/h1-14,17H,15-16H2,(H,30,33). The van der Waals surface area contributed by atoms with Gasteiger partial charge in [-0.1, -0.05) is 42.5 Å². The quantitative estimate of drug-likeness (QED) is 0.420. The Morgan fingerprint density at radius 1 is 0.912 bits per heavy atom. The van der Waals surface area contributed by atoms with Crippen LogP contribution in [0.25, 0.3) is 22.3 Å². The van der Waals surface area contributed by atoms with Crippen LogP contribution in [0, 0.1) is 5.82 Å². The van der Waals surface area contributed by atoms with Crippen LogP contribution in [0.3, 0.4) is 0 Å². The lowest BCUT2D eigenvalue weighted by atomic mass is 10.1. The van der Waals surface area contributed by atoms with Crippen LogP contribution < -0.4 is 10.9 Å². The number of halogens is 1. The van der Waals surface area contributed by atoms with Gasteiger partial charge in [0, 0.05) is 5.56 Å². The van der Waals surface area contributed by atoms with Crippen molar-refractivity contribution in [2.45, 2.75) is 13.1 Å². The Labute approximate surface area is 194 Å². The first-order chi connectivity index (χ1) is 16.6. The smallest absolute Gasteiger partial charge is 0.269 e. The maximum absolute atomic E-state index is 13.5. The zero-order chi connectivity index (χ0) is 23.5. The van der Waals surface area contributed by atoms with Crippen molar-refractivity contribution in [3.05, 3.63) is 113 Å². The molecule has 5 rings (SSSR count). The molecule has 34 heavy (non-hydrogen) atoms. The minimum atomic E-state index is -0.392. The first-order valence-corrected chi connectivity index (χ1v) is 10.7. The van der Waals surface area contributed by atoms with Gasteiger partial charge in [-0.05, 0) is 42.0 Å². The van der Waals surface area contributed by atoms with E-state index in [1.807, 2.05) is 41.0 Å². The number of hydrogen-bond acceptors (Lipinski definition) is 4. The van der Waals surface area contributed by atoms with Gasteiger partial charge in [0.05, 0.1) is 30.1 Å². The molecule has 0 aliphatic carbocycles. The number of para-hydroxylation sites is 2. The molecule has 8 heteroatoms. The number of benzene rings is 3. The van der Waals surface area contributed by atoms with Crippen molar-refractivity contribution in [1.29, 1.82) is 0 Å². The number of nitrogens with one attached hydrogen (secondary N) is 1. The third-order valence-electron chi connectivity index (χ3n) is 5.46. The number of anilines is 1. The van der Waals surface area contributed by atoms with Gasteiger partial charge in [-0.15, -0.1) is 0 Å². The highest BCUT2D eigenvalue weighted by Gasteiger charge is 2.17. The molecule has 0 spiro atoms. The van der Waals surface area contributed by atoms with Gasteiger partial charge in [0.1, 0.15) is 23.9 Å². The molecule has 2 heterocycles. The van der Waals surface area contributed by atoms with Crippen LogP contribution in [0.2, 0.25) is 0 Å². The molecule has 0 fully saturated rings. The lowest BCUT2D eigenvalue weighted by Crippen LogP contribution is -2.28. The average molecular weight is 453 g/mol. The second-order valence-electron chi connectivity index (χ2n) is 7.78.